The lowest BCUT2D eigenvalue weighted by molar-refractivity contribution is -0.141. The van der Waals surface area contributed by atoms with Crippen LogP contribution in [0.4, 0.5) is 0 Å². The molecular formula is C23H36O4. The highest BCUT2D eigenvalue weighted by atomic mass is 16.4. The topological polar surface area (TPSA) is 77.8 Å². The summed E-state index contributed by atoms with van der Waals surface area (Å²) in [5, 5.41) is 27.4. The molecule has 0 aromatic carbocycles. The van der Waals surface area contributed by atoms with E-state index in [0.717, 1.165) is 12.5 Å². The highest BCUT2D eigenvalue weighted by molar-refractivity contribution is 5.97. The van der Waals surface area contributed by atoms with Crippen LogP contribution in [0.2, 0.25) is 0 Å². The summed E-state index contributed by atoms with van der Waals surface area (Å²) in [6.45, 7) is 0.616. The molecule has 0 spiro atoms. The summed E-state index contributed by atoms with van der Waals surface area (Å²) in [5.41, 5.74) is -2.11. The molecule has 0 amide bonds. The minimum atomic E-state index is -2.11. The van der Waals surface area contributed by atoms with E-state index in [2.05, 4.69) is 13.0 Å². The quantitative estimate of drug-likeness (QED) is 0.214. The number of aliphatic hydroxyl groups excluding tert-OH is 2. The lowest BCUT2D eigenvalue weighted by atomic mass is 10.0. The van der Waals surface area contributed by atoms with Gasteiger partial charge in [0.15, 0.2) is 11.4 Å². The second-order valence-corrected chi connectivity index (χ2v) is 6.56. The summed E-state index contributed by atoms with van der Waals surface area (Å²) in [4.78, 5) is 11.6. The SMILES string of the molecule is CCCCCCCCCC=CC=CC=CC=CC=CC(=O)C(O)(CO)CO. The minimum absolute atomic E-state index is 0.730. The smallest absolute Gasteiger partial charge is 0.191 e. The molecule has 4 nitrogen and oxygen atoms in total. The number of aliphatic hydroxyl groups is 3. The molecule has 0 fully saturated rings. The molecule has 27 heavy (non-hydrogen) atoms. The number of rotatable bonds is 16. The normalized spacial score (nSPS) is 13.3. The number of ketones is 1. The first-order valence-corrected chi connectivity index (χ1v) is 9.92. The summed E-state index contributed by atoms with van der Waals surface area (Å²) in [6, 6.07) is 0. The highest BCUT2D eigenvalue weighted by Crippen LogP contribution is 2.08. The Kier molecular flexibility index (Phi) is 16.5. The van der Waals surface area contributed by atoms with Crippen LogP contribution in [0, 0.1) is 0 Å². The van der Waals surface area contributed by atoms with E-state index < -0.39 is 24.6 Å². The van der Waals surface area contributed by atoms with Gasteiger partial charge in [-0.1, -0.05) is 100 Å². The van der Waals surface area contributed by atoms with Crippen LogP contribution < -0.4 is 0 Å². The average Bonchev–Trinajstić information content (AvgIpc) is 2.69. The fourth-order valence-electron chi connectivity index (χ4n) is 2.28. The summed E-state index contributed by atoms with van der Waals surface area (Å²) in [7, 11) is 0. The number of unbranched alkanes of at least 4 members (excludes halogenated alkanes) is 7. The summed E-state index contributed by atoms with van der Waals surface area (Å²) < 4.78 is 0. The Morgan fingerprint density at radius 1 is 0.741 bits per heavy atom. The molecule has 0 heterocycles. The first-order chi connectivity index (χ1) is 13.1. The number of hydrogen-bond donors (Lipinski definition) is 3. The number of carbonyl (C=O) groups is 1. The van der Waals surface area contributed by atoms with Crippen LogP contribution in [0.25, 0.3) is 0 Å². The van der Waals surface area contributed by atoms with Gasteiger partial charge in [-0.25, -0.2) is 0 Å². The summed E-state index contributed by atoms with van der Waals surface area (Å²) in [6.07, 6.45) is 28.2. The van der Waals surface area contributed by atoms with Gasteiger partial charge in [0.2, 0.25) is 0 Å². The van der Waals surface area contributed by atoms with Gasteiger partial charge in [0, 0.05) is 0 Å². The van der Waals surface area contributed by atoms with Crippen molar-refractivity contribution in [3.05, 3.63) is 60.8 Å². The molecular weight excluding hydrogens is 340 g/mol. The van der Waals surface area contributed by atoms with E-state index in [0.29, 0.717) is 0 Å². The molecule has 0 bridgehead atoms. The zero-order valence-electron chi connectivity index (χ0n) is 16.6. The van der Waals surface area contributed by atoms with Crippen molar-refractivity contribution in [2.75, 3.05) is 13.2 Å². The Morgan fingerprint density at radius 3 is 1.78 bits per heavy atom. The van der Waals surface area contributed by atoms with Gasteiger partial charge >= 0.3 is 0 Å². The molecule has 0 rings (SSSR count). The molecule has 152 valence electrons. The van der Waals surface area contributed by atoms with Gasteiger partial charge < -0.3 is 15.3 Å². The van der Waals surface area contributed by atoms with Crippen LogP contribution in [0.15, 0.2) is 60.8 Å². The monoisotopic (exact) mass is 376 g/mol. The molecule has 0 aliphatic rings. The van der Waals surface area contributed by atoms with E-state index in [4.69, 9.17) is 10.2 Å². The summed E-state index contributed by atoms with van der Waals surface area (Å²) in [5.74, 6) is -0.730. The van der Waals surface area contributed by atoms with Crippen LogP contribution in [-0.2, 0) is 4.79 Å². The van der Waals surface area contributed by atoms with Crippen LogP contribution in [0.1, 0.15) is 58.3 Å². The zero-order valence-corrected chi connectivity index (χ0v) is 16.6. The molecule has 0 aromatic heterocycles. The third-order valence-electron chi connectivity index (χ3n) is 4.12. The van der Waals surface area contributed by atoms with Crippen LogP contribution in [-0.4, -0.2) is 39.9 Å². The van der Waals surface area contributed by atoms with Gasteiger partial charge in [0.1, 0.15) is 0 Å². The van der Waals surface area contributed by atoms with Crippen molar-refractivity contribution < 1.29 is 20.1 Å². The van der Waals surface area contributed by atoms with Crippen LogP contribution in [0.5, 0.6) is 0 Å². The van der Waals surface area contributed by atoms with Gasteiger partial charge in [-0.3, -0.25) is 4.79 Å². The van der Waals surface area contributed by atoms with Crippen LogP contribution >= 0.6 is 0 Å². The maximum absolute atomic E-state index is 11.6. The van der Waals surface area contributed by atoms with Crippen molar-refractivity contribution in [2.24, 2.45) is 0 Å². The van der Waals surface area contributed by atoms with Gasteiger partial charge in [-0.15, -0.1) is 0 Å². The average molecular weight is 377 g/mol. The predicted molar refractivity (Wildman–Crippen MR) is 112 cm³/mol. The van der Waals surface area contributed by atoms with E-state index in [-0.39, 0.29) is 0 Å². The predicted octanol–water partition coefficient (Wildman–Crippen LogP) is 4.19. The van der Waals surface area contributed by atoms with Gasteiger partial charge in [0.25, 0.3) is 0 Å². The molecule has 0 aliphatic heterocycles. The molecule has 0 radical (unpaired) electrons. The first-order valence-electron chi connectivity index (χ1n) is 9.92. The lowest BCUT2D eigenvalue weighted by Crippen LogP contribution is -2.45. The third kappa shape index (κ3) is 14.0. The first kappa shape index (κ1) is 25.2. The van der Waals surface area contributed by atoms with Crippen molar-refractivity contribution in [1.82, 2.24) is 0 Å². The summed E-state index contributed by atoms with van der Waals surface area (Å²) >= 11 is 0. The van der Waals surface area contributed by atoms with E-state index in [9.17, 15) is 9.90 Å². The second-order valence-electron chi connectivity index (χ2n) is 6.56. The molecule has 0 aliphatic carbocycles. The standard InChI is InChI=1S/C23H36O4/c1-2-3-4-5-6-7-8-9-10-11-12-13-14-15-16-17-18-19-22(26)23(27,20-24)21-25/h10-19,24-25,27H,2-9,20-21H2,1H3. The maximum Gasteiger partial charge on any atom is 0.191 e. The van der Waals surface area contributed by atoms with E-state index in [1.165, 1.54) is 51.0 Å². The van der Waals surface area contributed by atoms with E-state index in [1.54, 1.807) is 12.2 Å². The van der Waals surface area contributed by atoms with Crippen molar-refractivity contribution in [1.29, 1.82) is 0 Å². The van der Waals surface area contributed by atoms with E-state index >= 15 is 0 Å². The van der Waals surface area contributed by atoms with Gasteiger partial charge in [-0.05, 0) is 18.9 Å². The Morgan fingerprint density at radius 2 is 1.22 bits per heavy atom. The van der Waals surface area contributed by atoms with Crippen molar-refractivity contribution in [3.63, 3.8) is 0 Å². The lowest BCUT2D eigenvalue weighted by Gasteiger charge is -2.18. The molecule has 0 unspecified atom stereocenters. The number of hydrogen-bond acceptors (Lipinski definition) is 4. The van der Waals surface area contributed by atoms with Crippen LogP contribution in [0.3, 0.4) is 0 Å². The second kappa shape index (κ2) is 17.7. The third-order valence-corrected chi connectivity index (χ3v) is 4.12. The van der Waals surface area contributed by atoms with Gasteiger partial charge in [0.05, 0.1) is 13.2 Å². The Hall–Kier alpha value is -1.75. The Bertz CT molecular complexity index is 508. The minimum Gasteiger partial charge on any atom is -0.393 e. The largest absolute Gasteiger partial charge is 0.393 e. The highest BCUT2D eigenvalue weighted by Gasteiger charge is 2.32. The van der Waals surface area contributed by atoms with Crippen molar-refractivity contribution in [2.45, 2.75) is 63.9 Å². The number of carbonyl (C=O) groups excluding carboxylic acids is 1. The van der Waals surface area contributed by atoms with Crippen molar-refractivity contribution in [3.8, 4) is 0 Å². The van der Waals surface area contributed by atoms with E-state index in [1.807, 2.05) is 30.4 Å². The molecule has 4 heteroatoms. The maximum atomic E-state index is 11.6. The van der Waals surface area contributed by atoms with Crippen molar-refractivity contribution >= 4 is 5.78 Å². The number of allylic oxidation sites excluding steroid dienone is 9. The zero-order chi connectivity index (χ0) is 20.2. The molecule has 0 saturated heterocycles. The molecule has 0 atom stereocenters. The molecule has 3 N–H and O–H groups in total. The molecule has 0 saturated carbocycles. The Balaban J connectivity index is 3.85. The fraction of sp³-hybridized carbons (Fsp3) is 0.522. The fourth-order valence-corrected chi connectivity index (χ4v) is 2.28. The Labute approximate surface area is 164 Å². The van der Waals surface area contributed by atoms with Gasteiger partial charge in [-0.2, -0.15) is 0 Å². The molecule has 0 aromatic rings.